The van der Waals surface area contributed by atoms with Crippen molar-refractivity contribution >= 4 is 22.6 Å². The zero-order valence-electron chi connectivity index (χ0n) is 13.4. The second-order valence-electron chi connectivity index (χ2n) is 5.90. The summed E-state index contributed by atoms with van der Waals surface area (Å²) in [6.45, 7) is 1.28. The van der Waals surface area contributed by atoms with E-state index >= 15 is 0 Å². The molecule has 0 unspecified atom stereocenters. The summed E-state index contributed by atoms with van der Waals surface area (Å²) >= 11 is 0. The Kier molecular flexibility index (Phi) is 4.69. The van der Waals surface area contributed by atoms with Gasteiger partial charge in [0.15, 0.2) is 0 Å². The minimum atomic E-state index is -1.43. The molecule has 2 heterocycles. The number of anilines is 1. The Labute approximate surface area is 141 Å². The number of halogens is 2. The minimum absolute atomic E-state index is 0.0768. The number of carboxylic acids is 1. The lowest BCUT2D eigenvalue weighted by Gasteiger charge is -2.34. The summed E-state index contributed by atoms with van der Waals surface area (Å²) in [5.74, 6) is 3.65. The SMILES string of the molecule is NN1CCN(c2cc3c(cc2F)c(=O)c(C(=O)O)cn3CCF)CC1. The first kappa shape index (κ1) is 17.3. The first-order valence-corrected chi connectivity index (χ1v) is 7.83. The molecule has 0 atom stereocenters. The van der Waals surface area contributed by atoms with E-state index in [1.165, 1.54) is 10.6 Å². The van der Waals surface area contributed by atoms with Crippen molar-refractivity contribution in [3.8, 4) is 0 Å². The van der Waals surface area contributed by atoms with Gasteiger partial charge >= 0.3 is 5.97 Å². The number of aromatic nitrogens is 1. The number of carboxylic acid groups (broad SMARTS) is 1. The number of pyridine rings is 1. The van der Waals surface area contributed by atoms with Gasteiger partial charge in [0.05, 0.1) is 17.7 Å². The smallest absolute Gasteiger partial charge is 0.341 e. The molecule has 0 radical (unpaired) electrons. The van der Waals surface area contributed by atoms with Crippen molar-refractivity contribution in [2.45, 2.75) is 6.54 Å². The van der Waals surface area contributed by atoms with E-state index in [-0.39, 0.29) is 17.6 Å². The number of hydrogen-bond donors (Lipinski definition) is 2. The van der Waals surface area contributed by atoms with Gasteiger partial charge in [-0.15, -0.1) is 0 Å². The molecule has 0 saturated carbocycles. The number of nitrogens with zero attached hydrogens (tertiary/aromatic N) is 3. The van der Waals surface area contributed by atoms with Gasteiger partial charge in [-0.2, -0.15) is 0 Å². The van der Waals surface area contributed by atoms with Crippen molar-refractivity contribution in [3.05, 3.63) is 39.9 Å². The molecule has 25 heavy (non-hydrogen) atoms. The molecule has 1 aromatic heterocycles. The Bertz CT molecular complexity index is 876. The monoisotopic (exact) mass is 352 g/mol. The fourth-order valence-electron chi connectivity index (χ4n) is 3.03. The maximum atomic E-state index is 14.6. The highest BCUT2D eigenvalue weighted by molar-refractivity contribution is 5.93. The minimum Gasteiger partial charge on any atom is -0.477 e. The van der Waals surface area contributed by atoms with Crippen molar-refractivity contribution in [2.75, 3.05) is 37.8 Å². The zero-order valence-corrected chi connectivity index (χ0v) is 13.4. The van der Waals surface area contributed by atoms with Crippen LogP contribution < -0.4 is 16.2 Å². The molecular formula is C16H18F2N4O3. The predicted octanol–water partition coefficient (Wildman–Crippen LogP) is 0.804. The third kappa shape index (κ3) is 3.20. The standard InChI is InChI=1S/C16H18F2N4O3/c17-1-2-21-9-11(16(24)25)15(23)10-7-12(18)14(8-13(10)21)20-3-5-22(19)6-4-20/h7-9H,1-6,19H2,(H,24,25). The second kappa shape index (κ2) is 6.77. The molecule has 2 aromatic rings. The molecule has 1 fully saturated rings. The highest BCUT2D eigenvalue weighted by Crippen LogP contribution is 2.26. The third-order valence-corrected chi connectivity index (χ3v) is 4.36. The van der Waals surface area contributed by atoms with Crippen LogP contribution in [0.25, 0.3) is 10.9 Å². The summed E-state index contributed by atoms with van der Waals surface area (Å²) in [6, 6.07) is 2.50. The molecule has 134 valence electrons. The van der Waals surface area contributed by atoms with E-state index in [9.17, 15) is 18.4 Å². The van der Waals surface area contributed by atoms with Gasteiger partial charge in [0.25, 0.3) is 0 Å². The average molecular weight is 352 g/mol. The van der Waals surface area contributed by atoms with Crippen LogP contribution in [0, 0.1) is 5.82 Å². The molecular weight excluding hydrogens is 334 g/mol. The average Bonchev–Trinajstić information content (AvgIpc) is 2.58. The number of fused-ring (bicyclic) bond motifs is 1. The van der Waals surface area contributed by atoms with Crippen LogP contribution >= 0.6 is 0 Å². The molecule has 0 bridgehead atoms. The molecule has 0 amide bonds. The Morgan fingerprint density at radius 2 is 1.92 bits per heavy atom. The largest absolute Gasteiger partial charge is 0.477 e. The number of carbonyl (C=O) groups is 1. The Hall–Kier alpha value is -2.52. The van der Waals surface area contributed by atoms with Gasteiger partial charge in [0.2, 0.25) is 5.43 Å². The van der Waals surface area contributed by atoms with Gasteiger partial charge < -0.3 is 14.6 Å². The van der Waals surface area contributed by atoms with Gasteiger partial charge in [-0.1, -0.05) is 0 Å². The quantitative estimate of drug-likeness (QED) is 0.791. The van der Waals surface area contributed by atoms with Gasteiger partial charge in [-0.3, -0.25) is 10.6 Å². The topological polar surface area (TPSA) is 91.8 Å². The molecule has 1 aliphatic heterocycles. The number of aryl methyl sites for hydroxylation is 1. The predicted molar refractivity (Wildman–Crippen MR) is 89.1 cm³/mol. The van der Waals surface area contributed by atoms with E-state index in [0.717, 1.165) is 12.3 Å². The highest BCUT2D eigenvalue weighted by atomic mass is 19.1. The number of alkyl halides is 1. The lowest BCUT2D eigenvalue weighted by molar-refractivity contribution is 0.0694. The van der Waals surface area contributed by atoms with E-state index in [0.29, 0.717) is 31.7 Å². The van der Waals surface area contributed by atoms with Crippen molar-refractivity contribution in [1.82, 2.24) is 9.58 Å². The molecule has 7 nitrogen and oxygen atoms in total. The van der Waals surface area contributed by atoms with Crippen LogP contribution in [0.2, 0.25) is 0 Å². The second-order valence-corrected chi connectivity index (χ2v) is 5.90. The van der Waals surface area contributed by atoms with E-state index in [4.69, 9.17) is 10.9 Å². The Morgan fingerprint density at radius 1 is 1.24 bits per heavy atom. The van der Waals surface area contributed by atoms with E-state index in [1.54, 1.807) is 9.91 Å². The molecule has 0 spiro atoms. The number of rotatable bonds is 4. The molecule has 1 aromatic carbocycles. The van der Waals surface area contributed by atoms with Crippen molar-refractivity contribution in [3.63, 3.8) is 0 Å². The fraction of sp³-hybridized carbons (Fsp3) is 0.375. The van der Waals surface area contributed by atoms with Crippen molar-refractivity contribution < 1.29 is 18.7 Å². The Balaban J connectivity index is 2.18. The molecule has 9 heteroatoms. The summed E-state index contributed by atoms with van der Waals surface area (Å²) < 4.78 is 28.8. The van der Waals surface area contributed by atoms with Crippen molar-refractivity contribution in [2.24, 2.45) is 5.84 Å². The van der Waals surface area contributed by atoms with Gasteiger partial charge in [-0.05, 0) is 12.1 Å². The van der Waals surface area contributed by atoms with Crippen LogP contribution in [0.4, 0.5) is 14.5 Å². The van der Waals surface area contributed by atoms with Crippen LogP contribution in [0.5, 0.6) is 0 Å². The maximum absolute atomic E-state index is 14.6. The van der Waals surface area contributed by atoms with E-state index in [2.05, 4.69) is 0 Å². The normalized spacial score (nSPS) is 15.7. The summed E-state index contributed by atoms with van der Waals surface area (Å²) in [7, 11) is 0. The number of hydrogen-bond acceptors (Lipinski definition) is 5. The summed E-state index contributed by atoms with van der Waals surface area (Å²) in [5, 5.41) is 10.7. The van der Waals surface area contributed by atoms with E-state index in [1.807, 2.05) is 0 Å². The summed E-state index contributed by atoms with van der Waals surface area (Å²) in [6.07, 6.45) is 1.10. The lowest BCUT2D eigenvalue weighted by Crippen LogP contribution is -2.49. The van der Waals surface area contributed by atoms with Crippen LogP contribution in [0.3, 0.4) is 0 Å². The zero-order chi connectivity index (χ0) is 18.1. The fourth-order valence-corrected chi connectivity index (χ4v) is 3.03. The van der Waals surface area contributed by atoms with Gasteiger partial charge in [0.1, 0.15) is 18.1 Å². The van der Waals surface area contributed by atoms with Crippen LogP contribution in [-0.4, -0.2) is 53.5 Å². The molecule has 1 aliphatic rings. The molecule has 0 aliphatic carbocycles. The molecule has 1 saturated heterocycles. The maximum Gasteiger partial charge on any atom is 0.341 e. The molecule has 3 N–H and O–H groups in total. The van der Waals surface area contributed by atoms with E-state index < -0.39 is 29.5 Å². The summed E-state index contributed by atoms with van der Waals surface area (Å²) in [5.41, 5.74) is -0.699. The molecule has 3 rings (SSSR count). The van der Waals surface area contributed by atoms with Crippen LogP contribution in [-0.2, 0) is 6.54 Å². The number of nitrogens with two attached hydrogens (primary N) is 1. The number of benzene rings is 1. The van der Waals surface area contributed by atoms with Crippen LogP contribution in [0.15, 0.2) is 23.1 Å². The third-order valence-electron chi connectivity index (χ3n) is 4.36. The van der Waals surface area contributed by atoms with Crippen LogP contribution in [0.1, 0.15) is 10.4 Å². The lowest BCUT2D eigenvalue weighted by atomic mass is 10.1. The first-order chi connectivity index (χ1) is 11.9. The number of aromatic carboxylic acids is 1. The first-order valence-electron chi connectivity index (χ1n) is 7.83. The number of hydrazine groups is 1. The van der Waals surface area contributed by atoms with Crippen molar-refractivity contribution in [1.29, 1.82) is 0 Å². The van der Waals surface area contributed by atoms with Gasteiger partial charge in [-0.25, -0.2) is 18.6 Å². The Morgan fingerprint density at radius 3 is 2.52 bits per heavy atom. The van der Waals surface area contributed by atoms with Gasteiger partial charge in [0, 0.05) is 37.8 Å². The summed E-state index contributed by atoms with van der Waals surface area (Å²) in [4.78, 5) is 25.3. The number of piperazine rings is 1. The highest BCUT2D eigenvalue weighted by Gasteiger charge is 2.21.